The van der Waals surface area contributed by atoms with Crippen LogP contribution in [0.25, 0.3) is 0 Å². The Bertz CT molecular complexity index is 958. The molecule has 0 radical (unpaired) electrons. The normalized spacial score (nSPS) is 12.0. The quantitative estimate of drug-likeness (QED) is 0.628. The zero-order valence-corrected chi connectivity index (χ0v) is 13.6. The van der Waals surface area contributed by atoms with Crippen LogP contribution in [-0.2, 0) is 20.0 Å². The second-order valence-electron chi connectivity index (χ2n) is 4.27. The molecule has 0 aliphatic rings. The van der Waals surface area contributed by atoms with Gasteiger partial charge in [-0.2, -0.15) is 0 Å². The van der Waals surface area contributed by atoms with Crippen molar-refractivity contribution in [2.45, 2.75) is 9.79 Å². The Kier molecular flexibility index (Phi) is 4.71. The van der Waals surface area contributed by atoms with Gasteiger partial charge in [0.2, 0.25) is 0 Å². The summed E-state index contributed by atoms with van der Waals surface area (Å²) in [4.78, 5) is 9.08. The number of rotatable bonds is 5. The molecule has 8 nitrogen and oxygen atoms in total. The number of hydrogen-bond acceptors (Lipinski definition) is 6. The summed E-state index contributed by atoms with van der Waals surface area (Å²) in [5.41, 5.74) is -0.647. The number of benzene rings is 2. The summed E-state index contributed by atoms with van der Waals surface area (Å²) in [6.45, 7) is 0. The van der Waals surface area contributed by atoms with E-state index in [1.165, 1.54) is 28.4 Å². The molecule has 0 aliphatic carbocycles. The SMILES string of the molecule is O=[N+]([O-])c1cc(S(=O)(=O)NS(=O)(=O)c2ccccc2)ccc1Cl. The highest BCUT2D eigenvalue weighted by Gasteiger charge is 2.26. The fourth-order valence-corrected chi connectivity index (χ4v) is 4.78. The van der Waals surface area contributed by atoms with Crippen LogP contribution in [0.1, 0.15) is 0 Å². The molecule has 0 saturated heterocycles. The Morgan fingerprint density at radius 1 is 0.913 bits per heavy atom. The average molecular weight is 377 g/mol. The second-order valence-corrected chi connectivity index (χ2v) is 8.30. The molecule has 23 heavy (non-hydrogen) atoms. The van der Waals surface area contributed by atoms with E-state index in [9.17, 15) is 26.9 Å². The molecule has 0 unspecified atom stereocenters. The lowest BCUT2D eigenvalue weighted by molar-refractivity contribution is -0.384. The minimum absolute atomic E-state index is 0.257. The second kappa shape index (κ2) is 6.24. The van der Waals surface area contributed by atoms with Gasteiger partial charge in [0.1, 0.15) is 5.02 Å². The highest BCUT2D eigenvalue weighted by molar-refractivity contribution is 8.04. The van der Waals surface area contributed by atoms with E-state index in [0.29, 0.717) is 6.07 Å². The lowest BCUT2D eigenvalue weighted by Crippen LogP contribution is -2.30. The minimum atomic E-state index is -4.54. The van der Waals surface area contributed by atoms with Crippen molar-refractivity contribution in [1.29, 1.82) is 0 Å². The number of nitro groups is 1. The molecular weight excluding hydrogens is 368 g/mol. The maximum absolute atomic E-state index is 12.2. The molecule has 0 bridgehead atoms. The Labute approximate surface area is 137 Å². The Morgan fingerprint density at radius 3 is 2.04 bits per heavy atom. The Morgan fingerprint density at radius 2 is 1.48 bits per heavy atom. The average Bonchev–Trinajstić information content (AvgIpc) is 2.47. The van der Waals surface area contributed by atoms with Gasteiger partial charge in [-0.05, 0) is 24.3 Å². The Hall–Kier alpha value is -2.01. The standard InChI is InChI=1S/C12H9ClN2O6S2/c13-11-7-6-10(8-12(11)15(16)17)23(20,21)14-22(18,19)9-4-2-1-3-5-9/h1-8,14H. The predicted molar refractivity (Wildman–Crippen MR) is 82.1 cm³/mol. The maximum Gasteiger partial charge on any atom is 0.289 e. The summed E-state index contributed by atoms with van der Waals surface area (Å²) in [6.07, 6.45) is 0. The molecule has 0 aromatic heterocycles. The lowest BCUT2D eigenvalue weighted by Gasteiger charge is -2.08. The van der Waals surface area contributed by atoms with Crippen LogP contribution in [0.15, 0.2) is 58.3 Å². The molecule has 122 valence electrons. The first-order valence-corrected chi connectivity index (χ1v) is 9.25. The van der Waals surface area contributed by atoms with Crippen LogP contribution < -0.4 is 4.13 Å². The van der Waals surface area contributed by atoms with Crippen LogP contribution in [0.4, 0.5) is 5.69 Å². The van der Waals surface area contributed by atoms with Gasteiger partial charge in [-0.15, -0.1) is 4.13 Å². The van der Waals surface area contributed by atoms with Crippen LogP contribution in [0.2, 0.25) is 5.02 Å². The summed E-state index contributed by atoms with van der Waals surface area (Å²) in [5.74, 6) is 0. The van der Waals surface area contributed by atoms with Crippen molar-refractivity contribution >= 4 is 37.3 Å². The molecule has 0 heterocycles. The van der Waals surface area contributed by atoms with Gasteiger partial charge in [0, 0.05) is 6.07 Å². The number of hydrogen-bond donors (Lipinski definition) is 1. The number of nitrogens with one attached hydrogen (secondary N) is 1. The van der Waals surface area contributed by atoms with Crippen molar-refractivity contribution in [3.8, 4) is 0 Å². The predicted octanol–water partition coefficient (Wildman–Crippen LogP) is 1.92. The van der Waals surface area contributed by atoms with Crippen molar-refractivity contribution in [3.63, 3.8) is 0 Å². The van der Waals surface area contributed by atoms with Gasteiger partial charge in [0.05, 0.1) is 14.7 Å². The molecule has 0 fully saturated rings. The van der Waals surface area contributed by atoms with Gasteiger partial charge in [-0.3, -0.25) is 10.1 Å². The topological polar surface area (TPSA) is 123 Å². The van der Waals surface area contributed by atoms with Gasteiger partial charge < -0.3 is 0 Å². The first-order valence-electron chi connectivity index (χ1n) is 5.91. The van der Waals surface area contributed by atoms with Crippen LogP contribution >= 0.6 is 11.6 Å². The first kappa shape index (κ1) is 17.3. The molecule has 1 N–H and O–H groups in total. The van der Waals surface area contributed by atoms with E-state index in [2.05, 4.69) is 0 Å². The largest absolute Gasteiger partial charge is 0.289 e. The minimum Gasteiger partial charge on any atom is -0.258 e. The smallest absolute Gasteiger partial charge is 0.258 e. The van der Waals surface area contributed by atoms with Crippen LogP contribution in [0, 0.1) is 10.1 Å². The zero-order chi connectivity index (χ0) is 17.3. The number of halogens is 1. The molecule has 11 heteroatoms. The van der Waals surface area contributed by atoms with Gasteiger partial charge >= 0.3 is 0 Å². The molecule has 0 spiro atoms. The number of nitrogens with zero attached hydrogens (tertiary/aromatic N) is 1. The van der Waals surface area contributed by atoms with Crippen LogP contribution in [0.5, 0.6) is 0 Å². The van der Waals surface area contributed by atoms with Crippen molar-refractivity contribution in [2.75, 3.05) is 0 Å². The van der Waals surface area contributed by atoms with Gasteiger partial charge in [0.15, 0.2) is 0 Å². The van der Waals surface area contributed by atoms with E-state index in [4.69, 9.17) is 11.6 Å². The fraction of sp³-hybridized carbons (Fsp3) is 0. The highest BCUT2D eigenvalue weighted by atomic mass is 35.5. The van der Waals surface area contributed by atoms with E-state index in [1.807, 2.05) is 0 Å². The summed E-state index contributed by atoms with van der Waals surface area (Å²) < 4.78 is 49.9. The van der Waals surface area contributed by atoms with Gasteiger partial charge in [0.25, 0.3) is 25.7 Å². The third-order valence-electron chi connectivity index (χ3n) is 2.70. The molecule has 2 rings (SSSR count). The van der Waals surface area contributed by atoms with Gasteiger partial charge in [-0.1, -0.05) is 29.8 Å². The number of nitro benzene ring substituents is 1. The molecule has 0 saturated carbocycles. The Balaban J connectivity index is 2.44. The summed E-state index contributed by atoms with van der Waals surface area (Å²) in [7, 11) is -8.89. The van der Waals surface area contributed by atoms with Crippen molar-refractivity contribution in [2.24, 2.45) is 0 Å². The third kappa shape index (κ3) is 3.85. The van der Waals surface area contributed by atoms with Gasteiger partial charge in [-0.25, -0.2) is 16.8 Å². The molecule has 0 amide bonds. The maximum atomic E-state index is 12.2. The monoisotopic (exact) mass is 376 g/mol. The number of sulfonamides is 2. The highest BCUT2D eigenvalue weighted by Crippen LogP contribution is 2.27. The van der Waals surface area contributed by atoms with E-state index >= 15 is 0 Å². The van der Waals surface area contributed by atoms with E-state index < -0.39 is 35.6 Å². The summed E-state index contributed by atoms with van der Waals surface area (Å²) >= 11 is 5.60. The summed E-state index contributed by atoms with van der Waals surface area (Å²) in [6, 6.07) is 9.50. The van der Waals surface area contributed by atoms with Crippen molar-refractivity contribution < 1.29 is 21.8 Å². The molecule has 0 aliphatic heterocycles. The first-order chi connectivity index (χ1) is 10.6. The van der Waals surface area contributed by atoms with E-state index in [1.54, 1.807) is 6.07 Å². The summed E-state index contributed by atoms with van der Waals surface area (Å²) in [5, 5.41) is 10.5. The van der Waals surface area contributed by atoms with Crippen LogP contribution in [-0.4, -0.2) is 21.8 Å². The molecule has 0 atom stereocenters. The van der Waals surface area contributed by atoms with E-state index in [0.717, 1.165) is 12.1 Å². The third-order valence-corrected chi connectivity index (χ3v) is 6.54. The van der Waals surface area contributed by atoms with Crippen LogP contribution in [0.3, 0.4) is 0 Å². The molecular formula is C12H9ClN2O6S2. The van der Waals surface area contributed by atoms with Crippen molar-refractivity contribution in [1.82, 2.24) is 4.13 Å². The lowest BCUT2D eigenvalue weighted by atomic mass is 10.3. The molecule has 2 aromatic carbocycles. The van der Waals surface area contributed by atoms with E-state index in [-0.39, 0.29) is 9.92 Å². The zero-order valence-electron chi connectivity index (χ0n) is 11.2. The fourth-order valence-electron chi connectivity index (χ4n) is 1.64. The van der Waals surface area contributed by atoms with Crippen molar-refractivity contribution in [3.05, 3.63) is 63.7 Å². The molecule has 2 aromatic rings.